The van der Waals surface area contributed by atoms with Crippen molar-refractivity contribution < 1.29 is 9.53 Å². The number of allylic oxidation sites excluding steroid dienone is 5. The van der Waals surface area contributed by atoms with E-state index in [2.05, 4.69) is 48.5 Å². The molecule has 0 saturated carbocycles. The van der Waals surface area contributed by atoms with E-state index in [1.807, 2.05) is 42.1 Å². The fraction of sp³-hybridized carbons (Fsp3) is 0.360. The minimum atomic E-state index is -0.174. The zero-order valence-corrected chi connectivity index (χ0v) is 17.9. The Morgan fingerprint density at radius 1 is 1.30 bits per heavy atom. The number of rotatable bonds is 4. The van der Waals surface area contributed by atoms with Gasteiger partial charge in [0.25, 0.3) is 0 Å². The maximum Gasteiger partial charge on any atom is 0.314 e. The molecule has 0 bridgehead atoms. The van der Waals surface area contributed by atoms with Crippen LogP contribution in [0.2, 0.25) is 0 Å². The van der Waals surface area contributed by atoms with Crippen LogP contribution in [0.5, 0.6) is 0 Å². The van der Waals surface area contributed by atoms with Crippen molar-refractivity contribution in [3.05, 3.63) is 83.4 Å². The number of nitrogens with zero attached hydrogens (tertiary/aromatic N) is 2. The molecule has 0 amide bonds. The molecule has 30 heavy (non-hydrogen) atoms. The van der Waals surface area contributed by atoms with Gasteiger partial charge >= 0.3 is 5.97 Å². The lowest BCUT2D eigenvalue weighted by Crippen LogP contribution is -2.30. The number of nitrogens with one attached hydrogen (secondary N) is 1. The zero-order valence-electron chi connectivity index (χ0n) is 17.9. The molecule has 1 aliphatic carbocycles. The lowest BCUT2D eigenvalue weighted by molar-refractivity contribution is -0.142. The van der Waals surface area contributed by atoms with Gasteiger partial charge in [-0.1, -0.05) is 35.9 Å². The maximum atomic E-state index is 12.6. The molecule has 0 fully saturated rings. The first-order valence-electron chi connectivity index (χ1n) is 10.6. The van der Waals surface area contributed by atoms with E-state index in [1.54, 1.807) is 0 Å². The van der Waals surface area contributed by atoms with Crippen molar-refractivity contribution in [1.82, 2.24) is 9.78 Å². The van der Waals surface area contributed by atoms with Gasteiger partial charge in [-0.05, 0) is 69.4 Å². The highest BCUT2D eigenvalue weighted by molar-refractivity contribution is 5.74. The Bertz CT molecular complexity index is 1030. The van der Waals surface area contributed by atoms with E-state index < -0.39 is 0 Å². The van der Waals surface area contributed by atoms with E-state index in [4.69, 9.17) is 4.74 Å². The summed E-state index contributed by atoms with van der Waals surface area (Å²) in [5, 5.41) is 7.97. The highest BCUT2D eigenvalue weighted by Crippen LogP contribution is 2.33. The van der Waals surface area contributed by atoms with Gasteiger partial charge in [0.05, 0.1) is 23.4 Å². The molecule has 1 aromatic heterocycles. The van der Waals surface area contributed by atoms with Crippen molar-refractivity contribution in [1.29, 1.82) is 0 Å². The minimum Gasteiger partial charge on any atom is -0.434 e. The van der Waals surface area contributed by atoms with Crippen molar-refractivity contribution in [3.8, 4) is 0 Å². The average molecular weight is 404 g/mol. The number of benzene rings is 1. The highest BCUT2D eigenvalue weighted by Gasteiger charge is 2.28. The third-order valence-electron chi connectivity index (χ3n) is 6.04. The predicted molar refractivity (Wildman–Crippen MR) is 119 cm³/mol. The number of esters is 1. The summed E-state index contributed by atoms with van der Waals surface area (Å²) in [6.45, 7) is 7.07. The molecule has 2 aliphatic rings. The lowest BCUT2D eigenvalue weighted by Gasteiger charge is -2.31. The normalized spacial score (nSPS) is 23.8. The molecule has 5 nitrogen and oxygen atoms in total. The van der Waals surface area contributed by atoms with E-state index >= 15 is 0 Å². The highest BCUT2D eigenvalue weighted by atomic mass is 16.5. The topological polar surface area (TPSA) is 56.1 Å². The van der Waals surface area contributed by atoms with Gasteiger partial charge in [0.2, 0.25) is 0 Å². The second-order valence-corrected chi connectivity index (χ2v) is 8.52. The summed E-state index contributed by atoms with van der Waals surface area (Å²) in [5.41, 5.74) is 5.45. The Hall–Kier alpha value is -3.08. The largest absolute Gasteiger partial charge is 0.434 e. The van der Waals surface area contributed by atoms with Crippen molar-refractivity contribution in [2.24, 2.45) is 5.92 Å². The van der Waals surface area contributed by atoms with Crippen LogP contribution in [0.15, 0.2) is 72.2 Å². The first-order chi connectivity index (χ1) is 14.4. The SMILES string of the molecule is CC1=C(C=COC(=O)C2CCNc3ccccc3C2)C=CC(C)(n2ccc(C)n2)C1. The number of aryl methyl sites for hydroxylation is 1. The molecule has 0 radical (unpaired) electrons. The zero-order chi connectivity index (χ0) is 21.1. The van der Waals surface area contributed by atoms with Gasteiger partial charge in [-0.15, -0.1) is 0 Å². The first-order valence-corrected chi connectivity index (χ1v) is 10.6. The molecule has 1 N–H and O–H groups in total. The molecule has 4 rings (SSSR count). The van der Waals surface area contributed by atoms with Gasteiger partial charge in [-0.2, -0.15) is 5.10 Å². The summed E-state index contributed by atoms with van der Waals surface area (Å²) in [6, 6.07) is 10.2. The molecule has 2 atom stereocenters. The van der Waals surface area contributed by atoms with Crippen molar-refractivity contribution in [3.63, 3.8) is 0 Å². The smallest absolute Gasteiger partial charge is 0.314 e. The van der Waals surface area contributed by atoms with Gasteiger partial charge in [0, 0.05) is 18.4 Å². The molecule has 1 aromatic carbocycles. The van der Waals surface area contributed by atoms with Gasteiger partial charge in [0.1, 0.15) is 0 Å². The number of ether oxygens (including phenoxy) is 1. The van der Waals surface area contributed by atoms with Gasteiger partial charge in [-0.3, -0.25) is 9.48 Å². The van der Waals surface area contributed by atoms with Crippen LogP contribution >= 0.6 is 0 Å². The van der Waals surface area contributed by atoms with Crippen LogP contribution in [0.1, 0.15) is 37.9 Å². The van der Waals surface area contributed by atoms with Crippen molar-refractivity contribution in [2.45, 2.75) is 45.6 Å². The molecular weight excluding hydrogens is 374 g/mol. The van der Waals surface area contributed by atoms with E-state index in [0.717, 1.165) is 36.3 Å². The number of para-hydroxylation sites is 1. The van der Waals surface area contributed by atoms with Gasteiger partial charge in [0.15, 0.2) is 0 Å². The number of aromatic nitrogens is 2. The van der Waals surface area contributed by atoms with E-state index in [9.17, 15) is 4.79 Å². The van der Waals surface area contributed by atoms with Crippen LogP contribution in [0.3, 0.4) is 0 Å². The fourth-order valence-electron chi connectivity index (χ4n) is 4.26. The summed E-state index contributed by atoms with van der Waals surface area (Å²) >= 11 is 0. The molecule has 2 heterocycles. The second kappa shape index (κ2) is 8.34. The summed E-state index contributed by atoms with van der Waals surface area (Å²) in [7, 11) is 0. The van der Waals surface area contributed by atoms with Crippen LogP contribution in [0.25, 0.3) is 0 Å². The number of fused-ring (bicyclic) bond motifs is 1. The Morgan fingerprint density at radius 3 is 2.90 bits per heavy atom. The summed E-state index contributed by atoms with van der Waals surface area (Å²) < 4.78 is 7.52. The Kier molecular flexibility index (Phi) is 5.62. The minimum absolute atomic E-state index is 0.130. The van der Waals surface area contributed by atoms with Crippen LogP contribution in [0.4, 0.5) is 5.69 Å². The number of hydrogen-bond acceptors (Lipinski definition) is 4. The molecule has 5 heteroatoms. The maximum absolute atomic E-state index is 12.6. The van der Waals surface area contributed by atoms with Crippen LogP contribution < -0.4 is 5.32 Å². The van der Waals surface area contributed by atoms with E-state index in [1.165, 1.54) is 17.4 Å². The predicted octanol–water partition coefficient (Wildman–Crippen LogP) is 4.91. The molecule has 1 aliphatic heterocycles. The number of carbonyl (C=O) groups is 1. The standard InChI is InChI=1S/C25H29N3O2/c1-18-17-25(3,28-14-10-19(2)27-28)12-8-20(18)11-15-30-24(29)22-9-13-26-23-7-5-4-6-21(23)16-22/h4-8,10-12,14-15,22,26H,9,13,16-17H2,1-3H3. The number of anilines is 1. The van der Waals surface area contributed by atoms with Gasteiger partial charge < -0.3 is 10.1 Å². The fourth-order valence-corrected chi connectivity index (χ4v) is 4.26. The molecule has 0 spiro atoms. The third kappa shape index (κ3) is 4.25. The van der Waals surface area contributed by atoms with Crippen LogP contribution in [-0.2, 0) is 21.5 Å². The molecule has 2 unspecified atom stereocenters. The van der Waals surface area contributed by atoms with E-state index in [0.29, 0.717) is 6.42 Å². The Labute approximate surface area is 178 Å². The Balaban J connectivity index is 1.38. The molecular formula is C25H29N3O2. The van der Waals surface area contributed by atoms with Crippen LogP contribution in [-0.4, -0.2) is 22.3 Å². The van der Waals surface area contributed by atoms with Gasteiger partial charge in [-0.25, -0.2) is 0 Å². The van der Waals surface area contributed by atoms with Crippen LogP contribution in [0, 0.1) is 12.8 Å². The summed E-state index contributed by atoms with van der Waals surface area (Å²) in [5.74, 6) is -0.297. The number of hydrogen-bond donors (Lipinski definition) is 1. The summed E-state index contributed by atoms with van der Waals surface area (Å²) in [4.78, 5) is 12.6. The molecule has 156 valence electrons. The quantitative estimate of drug-likeness (QED) is 0.582. The van der Waals surface area contributed by atoms with Crippen molar-refractivity contribution in [2.75, 3.05) is 11.9 Å². The molecule has 2 aromatic rings. The van der Waals surface area contributed by atoms with E-state index in [-0.39, 0.29) is 17.4 Å². The third-order valence-corrected chi connectivity index (χ3v) is 6.04. The van der Waals surface area contributed by atoms with Crippen molar-refractivity contribution >= 4 is 11.7 Å². The Morgan fingerprint density at radius 2 is 2.13 bits per heavy atom. The lowest BCUT2D eigenvalue weighted by atomic mass is 9.85. The monoisotopic (exact) mass is 403 g/mol. The number of carbonyl (C=O) groups excluding carboxylic acids is 1. The molecule has 0 saturated heterocycles. The second-order valence-electron chi connectivity index (χ2n) is 8.52. The summed E-state index contributed by atoms with van der Waals surface area (Å²) in [6.07, 6.45) is 12.0. The first kappa shape index (κ1) is 20.2. The average Bonchev–Trinajstić information content (AvgIpc) is 3.05.